The maximum atomic E-state index is 11.9. The van der Waals surface area contributed by atoms with Crippen LogP contribution in [0.5, 0.6) is 5.75 Å². The zero-order valence-corrected chi connectivity index (χ0v) is 17.7. The normalized spacial score (nSPS) is 33.6. The summed E-state index contributed by atoms with van der Waals surface area (Å²) in [6.07, 6.45) is 2.44. The van der Waals surface area contributed by atoms with Gasteiger partial charge >= 0.3 is 11.9 Å². The topological polar surface area (TPSA) is 82.1 Å². The van der Waals surface area contributed by atoms with E-state index in [4.69, 9.17) is 14.2 Å². The smallest absolute Gasteiger partial charge is 0.302 e. The van der Waals surface area contributed by atoms with Crippen LogP contribution in [0.25, 0.3) is 0 Å². The van der Waals surface area contributed by atoms with Crippen LogP contribution in [0.1, 0.15) is 57.9 Å². The molecule has 0 aromatic heterocycles. The lowest BCUT2D eigenvalue weighted by Crippen LogP contribution is -2.50. The van der Waals surface area contributed by atoms with Crippen LogP contribution >= 0.6 is 0 Å². The van der Waals surface area contributed by atoms with Gasteiger partial charge in [0.25, 0.3) is 0 Å². The monoisotopic (exact) mass is 404 g/mol. The van der Waals surface area contributed by atoms with E-state index >= 15 is 0 Å². The lowest BCUT2D eigenvalue weighted by atomic mass is 9.56. The number of fused-ring (bicyclic) bond motifs is 1. The van der Waals surface area contributed by atoms with E-state index in [1.807, 2.05) is 24.3 Å². The molecule has 2 aliphatic rings. The Kier molecular flexibility index (Phi) is 6.52. The number of aliphatic hydroxyl groups excluding tert-OH is 1. The summed E-state index contributed by atoms with van der Waals surface area (Å²) < 4.78 is 16.8. The Morgan fingerprint density at radius 3 is 2.31 bits per heavy atom. The van der Waals surface area contributed by atoms with E-state index in [9.17, 15) is 14.7 Å². The molecule has 2 fully saturated rings. The molecule has 0 spiro atoms. The number of rotatable bonds is 6. The minimum absolute atomic E-state index is 0.0221. The van der Waals surface area contributed by atoms with Crippen LogP contribution in [0.4, 0.5) is 0 Å². The second kappa shape index (κ2) is 8.74. The van der Waals surface area contributed by atoms with E-state index in [-0.39, 0.29) is 53.9 Å². The molecule has 6 atom stereocenters. The molecule has 3 rings (SSSR count). The highest BCUT2D eigenvalue weighted by atomic mass is 16.6. The SMILES string of the molecule is COc1ccc(C2C(OC(C)=O)CC3(C)C(OC(C)=O)CC[C@H]3C2CCO)cc1. The molecule has 0 aliphatic heterocycles. The third kappa shape index (κ3) is 4.27. The van der Waals surface area contributed by atoms with Crippen LogP contribution in [0.2, 0.25) is 0 Å². The lowest BCUT2D eigenvalue weighted by Gasteiger charge is -2.51. The summed E-state index contributed by atoms with van der Waals surface area (Å²) in [5, 5.41) is 9.84. The van der Waals surface area contributed by atoms with Crippen molar-refractivity contribution >= 4 is 11.9 Å². The Morgan fingerprint density at radius 1 is 1.10 bits per heavy atom. The largest absolute Gasteiger partial charge is 0.497 e. The summed E-state index contributed by atoms with van der Waals surface area (Å²) in [5.41, 5.74) is 0.794. The van der Waals surface area contributed by atoms with Gasteiger partial charge in [-0.1, -0.05) is 19.1 Å². The number of esters is 2. The van der Waals surface area contributed by atoms with Crippen molar-refractivity contribution in [1.82, 2.24) is 0 Å². The zero-order chi connectivity index (χ0) is 21.2. The van der Waals surface area contributed by atoms with Gasteiger partial charge in [-0.25, -0.2) is 0 Å². The van der Waals surface area contributed by atoms with Gasteiger partial charge in [0.05, 0.1) is 7.11 Å². The molecular weight excluding hydrogens is 372 g/mol. The molecule has 160 valence electrons. The molecule has 29 heavy (non-hydrogen) atoms. The molecule has 1 aromatic carbocycles. The average Bonchev–Trinajstić information content (AvgIpc) is 2.97. The molecule has 1 aromatic rings. The van der Waals surface area contributed by atoms with E-state index in [0.717, 1.165) is 24.2 Å². The molecule has 6 heteroatoms. The fourth-order valence-corrected chi connectivity index (χ4v) is 5.84. The van der Waals surface area contributed by atoms with Crippen molar-refractivity contribution in [3.8, 4) is 5.75 Å². The van der Waals surface area contributed by atoms with Crippen LogP contribution in [0.3, 0.4) is 0 Å². The third-order valence-corrected chi connectivity index (χ3v) is 6.93. The van der Waals surface area contributed by atoms with Crippen molar-refractivity contribution in [3.05, 3.63) is 29.8 Å². The van der Waals surface area contributed by atoms with E-state index in [1.165, 1.54) is 13.8 Å². The Bertz CT molecular complexity index is 729. The van der Waals surface area contributed by atoms with Crippen LogP contribution in [-0.4, -0.2) is 43.0 Å². The maximum Gasteiger partial charge on any atom is 0.302 e. The highest BCUT2D eigenvalue weighted by Crippen LogP contribution is 2.60. The predicted octanol–water partition coefficient (Wildman–Crippen LogP) is 3.46. The van der Waals surface area contributed by atoms with Crippen molar-refractivity contribution in [1.29, 1.82) is 0 Å². The highest BCUT2D eigenvalue weighted by molar-refractivity contribution is 5.67. The number of ether oxygens (including phenoxy) is 3. The van der Waals surface area contributed by atoms with E-state index in [1.54, 1.807) is 7.11 Å². The van der Waals surface area contributed by atoms with Crippen LogP contribution in [0.15, 0.2) is 24.3 Å². The molecule has 0 saturated heterocycles. The molecule has 0 amide bonds. The van der Waals surface area contributed by atoms with Crippen molar-refractivity contribution in [2.75, 3.05) is 13.7 Å². The number of aliphatic hydroxyl groups is 1. The molecule has 1 N–H and O–H groups in total. The van der Waals surface area contributed by atoms with Crippen molar-refractivity contribution < 1.29 is 28.9 Å². The van der Waals surface area contributed by atoms with Crippen molar-refractivity contribution in [2.24, 2.45) is 17.3 Å². The number of benzene rings is 1. The molecule has 0 radical (unpaired) electrons. The fraction of sp³-hybridized carbons (Fsp3) is 0.652. The average molecular weight is 405 g/mol. The fourth-order valence-electron chi connectivity index (χ4n) is 5.84. The molecule has 2 aliphatic carbocycles. The first kappa shape index (κ1) is 21.6. The Morgan fingerprint density at radius 2 is 1.76 bits per heavy atom. The standard InChI is InChI=1S/C23H32O6/c1-14(25)28-20-13-23(3)19(9-10-21(23)29-15(2)26)18(11-12-24)22(20)16-5-7-17(27-4)8-6-16/h5-8,18-22,24H,9-13H2,1-4H3/t18?,19-,20?,21?,22?,23?/m0/s1. The first-order chi connectivity index (χ1) is 13.8. The summed E-state index contributed by atoms with van der Waals surface area (Å²) in [6, 6.07) is 7.87. The van der Waals surface area contributed by atoms with Crippen molar-refractivity contribution in [2.45, 2.75) is 64.6 Å². The third-order valence-electron chi connectivity index (χ3n) is 6.93. The second-order valence-electron chi connectivity index (χ2n) is 8.61. The van der Waals surface area contributed by atoms with Crippen LogP contribution < -0.4 is 4.74 Å². The number of hydrogen-bond acceptors (Lipinski definition) is 6. The van der Waals surface area contributed by atoms with E-state index < -0.39 is 0 Å². The number of carbonyl (C=O) groups is 2. The predicted molar refractivity (Wildman–Crippen MR) is 107 cm³/mol. The van der Waals surface area contributed by atoms with E-state index in [0.29, 0.717) is 12.8 Å². The van der Waals surface area contributed by atoms with Gasteiger partial charge in [0.2, 0.25) is 0 Å². The number of methoxy groups -OCH3 is 1. The van der Waals surface area contributed by atoms with Crippen molar-refractivity contribution in [3.63, 3.8) is 0 Å². The van der Waals surface area contributed by atoms with Crippen LogP contribution in [-0.2, 0) is 19.1 Å². The van der Waals surface area contributed by atoms with Gasteiger partial charge in [0.15, 0.2) is 0 Å². The zero-order valence-electron chi connectivity index (χ0n) is 17.7. The number of carbonyl (C=O) groups excluding carboxylic acids is 2. The molecule has 6 nitrogen and oxygen atoms in total. The first-order valence-electron chi connectivity index (χ1n) is 10.4. The first-order valence-corrected chi connectivity index (χ1v) is 10.4. The molecule has 0 heterocycles. The highest BCUT2D eigenvalue weighted by Gasteiger charge is 2.59. The minimum Gasteiger partial charge on any atom is -0.497 e. The number of hydrogen-bond donors (Lipinski definition) is 1. The second-order valence-corrected chi connectivity index (χ2v) is 8.61. The molecule has 2 saturated carbocycles. The van der Waals surface area contributed by atoms with Gasteiger partial charge in [0.1, 0.15) is 18.0 Å². The Balaban J connectivity index is 2.01. The summed E-state index contributed by atoms with van der Waals surface area (Å²) in [4.78, 5) is 23.6. The molecular formula is C23H32O6. The van der Waals surface area contributed by atoms with Gasteiger partial charge in [0, 0.05) is 31.8 Å². The van der Waals surface area contributed by atoms with Gasteiger partial charge in [-0.15, -0.1) is 0 Å². The summed E-state index contributed by atoms with van der Waals surface area (Å²) >= 11 is 0. The summed E-state index contributed by atoms with van der Waals surface area (Å²) in [7, 11) is 1.63. The maximum absolute atomic E-state index is 11.9. The van der Waals surface area contributed by atoms with Gasteiger partial charge in [-0.05, 0) is 55.2 Å². The summed E-state index contributed by atoms with van der Waals surface area (Å²) in [5.74, 6) is 0.547. The van der Waals surface area contributed by atoms with Crippen LogP contribution in [0, 0.1) is 17.3 Å². The molecule has 0 bridgehead atoms. The Labute approximate surface area is 172 Å². The molecule has 5 unspecified atom stereocenters. The Hall–Kier alpha value is -2.08. The van der Waals surface area contributed by atoms with Gasteiger partial charge in [-0.2, -0.15) is 0 Å². The quantitative estimate of drug-likeness (QED) is 0.731. The lowest BCUT2D eigenvalue weighted by molar-refractivity contribution is -0.168. The minimum atomic E-state index is -0.338. The van der Waals surface area contributed by atoms with Gasteiger partial charge in [-0.3, -0.25) is 9.59 Å². The summed E-state index contributed by atoms with van der Waals surface area (Å²) in [6.45, 7) is 5.07. The van der Waals surface area contributed by atoms with E-state index in [2.05, 4.69) is 6.92 Å². The van der Waals surface area contributed by atoms with Gasteiger partial charge < -0.3 is 19.3 Å².